The standard InChI is InChI=1S/C17H26N4O4/c1-17(2,16(23)18-3)12-20-8-6-19(7-9-20)11-13-10-14(21(24)25)4-5-15(13)22/h4-5,10,22H,6-9,11-12H2,1-3H3,(H,18,23). The number of nitro groups is 1. The lowest BCUT2D eigenvalue weighted by Crippen LogP contribution is -2.51. The summed E-state index contributed by atoms with van der Waals surface area (Å²) in [6.07, 6.45) is 0. The zero-order valence-corrected chi connectivity index (χ0v) is 15.0. The molecule has 2 N–H and O–H groups in total. The number of benzene rings is 1. The Bertz CT molecular complexity index is 640. The van der Waals surface area contributed by atoms with Crippen molar-refractivity contribution in [3.8, 4) is 5.75 Å². The van der Waals surface area contributed by atoms with Crippen LogP contribution in [0.1, 0.15) is 19.4 Å². The van der Waals surface area contributed by atoms with E-state index < -0.39 is 10.3 Å². The number of carbonyl (C=O) groups excluding carboxylic acids is 1. The minimum absolute atomic E-state index is 0.0150. The lowest BCUT2D eigenvalue weighted by atomic mass is 9.91. The zero-order chi connectivity index (χ0) is 18.6. The molecule has 1 amide bonds. The molecule has 0 spiro atoms. The summed E-state index contributed by atoms with van der Waals surface area (Å²) < 4.78 is 0. The Labute approximate surface area is 147 Å². The number of aromatic hydroxyl groups is 1. The number of amides is 1. The number of nitrogens with zero attached hydrogens (tertiary/aromatic N) is 3. The van der Waals surface area contributed by atoms with Crippen molar-refractivity contribution in [1.82, 2.24) is 15.1 Å². The smallest absolute Gasteiger partial charge is 0.270 e. The summed E-state index contributed by atoms with van der Waals surface area (Å²) in [6.45, 7) is 8.21. The van der Waals surface area contributed by atoms with Gasteiger partial charge in [-0.05, 0) is 19.9 Å². The average molecular weight is 350 g/mol. The van der Waals surface area contributed by atoms with Crippen LogP contribution in [-0.4, -0.2) is 65.5 Å². The van der Waals surface area contributed by atoms with Crippen LogP contribution in [0.5, 0.6) is 5.75 Å². The van der Waals surface area contributed by atoms with E-state index in [2.05, 4.69) is 15.1 Å². The summed E-state index contributed by atoms with van der Waals surface area (Å²) in [7, 11) is 1.65. The summed E-state index contributed by atoms with van der Waals surface area (Å²) in [6, 6.07) is 4.10. The second kappa shape index (κ2) is 7.79. The number of non-ortho nitro benzene ring substituents is 1. The Morgan fingerprint density at radius 1 is 1.28 bits per heavy atom. The van der Waals surface area contributed by atoms with E-state index in [1.165, 1.54) is 18.2 Å². The molecule has 138 valence electrons. The third-order valence-corrected chi connectivity index (χ3v) is 4.59. The van der Waals surface area contributed by atoms with E-state index in [1.807, 2.05) is 13.8 Å². The maximum Gasteiger partial charge on any atom is 0.270 e. The van der Waals surface area contributed by atoms with Crippen LogP contribution >= 0.6 is 0 Å². The fraction of sp³-hybridized carbons (Fsp3) is 0.588. The van der Waals surface area contributed by atoms with Crippen molar-refractivity contribution in [3.05, 3.63) is 33.9 Å². The molecule has 1 heterocycles. The van der Waals surface area contributed by atoms with Gasteiger partial charge in [0.15, 0.2) is 0 Å². The van der Waals surface area contributed by atoms with Gasteiger partial charge >= 0.3 is 0 Å². The van der Waals surface area contributed by atoms with Gasteiger partial charge in [0.1, 0.15) is 5.75 Å². The largest absolute Gasteiger partial charge is 0.508 e. The van der Waals surface area contributed by atoms with Gasteiger partial charge in [0.25, 0.3) is 5.69 Å². The first-order valence-electron chi connectivity index (χ1n) is 8.36. The molecular formula is C17H26N4O4. The van der Waals surface area contributed by atoms with Gasteiger partial charge in [-0.3, -0.25) is 24.7 Å². The highest BCUT2D eigenvalue weighted by molar-refractivity contribution is 5.81. The zero-order valence-electron chi connectivity index (χ0n) is 15.0. The van der Waals surface area contributed by atoms with Gasteiger partial charge < -0.3 is 10.4 Å². The van der Waals surface area contributed by atoms with Crippen LogP contribution < -0.4 is 5.32 Å². The predicted octanol–water partition coefficient (Wildman–Crippen LogP) is 1.19. The number of nitro benzene ring substituents is 1. The Kier molecular flexibility index (Phi) is 5.97. The number of nitrogens with one attached hydrogen (secondary N) is 1. The first-order chi connectivity index (χ1) is 11.7. The number of hydrogen-bond donors (Lipinski definition) is 2. The molecule has 2 rings (SSSR count). The SMILES string of the molecule is CNC(=O)C(C)(C)CN1CCN(Cc2cc([N+](=O)[O-])ccc2O)CC1. The molecular weight excluding hydrogens is 324 g/mol. The maximum absolute atomic E-state index is 11.9. The van der Waals surface area contributed by atoms with Crippen molar-refractivity contribution in [2.45, 2.75) is 20.4 Å². The first-order valence-corrected chi connectivity index (χ1v) is 8.36. The van der Waals surface area contributed by atoms with Crippen molar-refractivity contribution in [2.24, 2.45) is 5.41 Å². The van der Waals surface area contributed by atoms with Crippen LogP contribution in [0.3, 0.4) is 0 Å². The molecule has 0 radical (unpaired) electrons. The van der Waals surface area contributed by atoms with Crippen LogP contribution in [0.2, 0.25) is 0 Å². The van der Waals surface area contributed by atoms with Crippen molar-refractivity contribution < 1.29 is 14.8 Å². The van der Waals surface area contributed by atoms with Crippen molar-refractivity contribution in [2.75, 3.05) is 39.8 Å². The third kappa shape index (κ3) is 4.90. The molecule has 0 atom stereocenters. The van der Waals surface area contributed by atoms with Crippen LogP contribution in [0.15, 0.2) is 18.2 Å². The number of rotatable bonds is 6. The lowest BCUT2D eigenvalue weighted by molar-refractivity contribution is -0.385. The molecule has 1 aliphatic heterocycles. The molecule has 1 saturated heterocycles. The molecule has 0 bridgehead atoms. The van der Waals surface area contributed by atoms with Crippen molar-refractivity contribution >= 4 is 11.6 Å². The molecule has 8 heteroatoms. The summed E-state index contributed by atoms with van der Waals surface area (Å²) in [5.41, 5.74) is 0.0991. The highest BCUT2D eigenvalue weighted by Gasteiger charge is 2.30. The van der Waals surface area contributed by atoms with E-state index in [4.69, 9.17) is 0 Å². The Hall–Kier alpha value is -2.19. The number of carbonyl (C=O) groups is 1. The highest BCUT2D eigenvalue weighted by Crippen LogP contribution is 2.25. The normalized spacial score (nSPS) is 16.6. The van der Waals surface area contributed by atoms with E-state index >= 15 is 0 Å². The molecule has 1 aromatic rings. The summed E-state index contributed by atoms with van der Waals surface area (Å²) in [5.74, 6) is 0.102. The van der Waals surface area contributed by atoms with Crippen molar-refractivity contribution in [3.63, 3.8) is 0 Å². The Morgan fingerprint density at radius 3 is 2.44 bits per heavy atom. The summed E-state index contributed by atoms with van der Waals surface area (Å²) in [5, 5.41) is 23.5. The molecule has 0 unspecified atom stereocenters. The summed E-state index contributed by atoms with van der Waals surface area (Å²) in [4.78, 5) is 26.7. The van der Waals surface area contributed by atoms with Gasteiger partial charge in [0, 0.05) is 64.0 Å². The van der Waals surface area contributed by atoms with Gasteiger partial charge in [0.2, 0.25) is 5.91 Å². The minimum Gasteiger partial charge on any atom is -0.508 e. The second-order valence-electron chi connectivity index (χ2n) is 7.09. The molecule has 0 aliphatic carbocycles. The predicted molar refractivity (Wildman–Crippen MR) is 94.3 cm³/mol. The molecule has 25 heavy (non-hydrogen) atoms. The fourth-order valence-electron chi connectivity index (χ4n) is 3.13. The first kappa shape index (κ1) is 19.1. The van der Waals surface area contributed by atoms with E-state index in [-0.39, 0.29) is 17.3 Å². The van der Waals surface area contributed by atoms with Gasteiger partial charge in [-0.25, -0.2) is 0 Å². The molecule has 1 fully saturated rings. The van der Waals surface area contributed by atoms with Gasteiger partial charge in [-0.1, -0.05) is 0 Å². The molecule has 1 aliphatic rings. The van der Waals surface area contributed by atoms with E-state index in [0.717, 1.165) is 26.2 Å². The Morgan fingerprint density at radius 2 is 1.88 bits per heavy atom. The highest BCUT2D eigenvalue weighted by atomic mass is 16.6. The minimum atomic E-state index is -0.457. The molecule has 0 saturated carbocycles. The second-order valence-corrected chi connectivity index (χ2v) is 7.09. The number of phenols is 1. The van der Waals surface area contributed by atoms with Crippen LogP contribution in [0.4, 0.5) is 5.69 Å². The molecule has 0 aromatic heterocycles. The van der Waals surface area contributed by atoms with E-state index in [1.54, 1.807) is 7.05 Å². The number of phenolic OH excluding ortho intramolecular Hbond substituents is 1. The molecule has 8 nitrogen and oxygen atoms in total. The molecule has 1 aromatic carbocycles. The van der Waals surface area contributed by atoms with Crippen molar-refractivity contribution in [1.29, 1.82) is 0 Å². The lowest BCUT2D eigenvalue weighted by Gasteiger charge is -2.38. The van der Waals surface area contributed by atoms with Crippen LogP contribution in [0, 0.1) is 15.5 Å². The Balaban J connectivity index is 1.92. The topological polar surface area (TPSA) is 99.0 Å². The van der Waals surface area contributed by atoms with Gasteiger partial charge in [0.05, 0.1) is 10.3 Å². The van der Waals surface area contributed by atoms with E-state index in [9.17, 15) is 20.0 Å². The van der Waals surface area contributed by atoms with Crippen LogP contribution in [0.25, 0.3) is 0 Å². The number of piperazine rings is 1. The van der Waals surface area contributed by atoms with E-state index in [0.29, 0.717) is 18.7 Å². The summed E-state index contributed by atoms with van der Waals surface area (Å²) >= 11 is 0. The fourth-order valence-corrected chi connectivity index (χ4v) is 3.13. The van der Waals surface area contributed by atoms with Gasteiger partial charge in [-0.15, -0.1) is 0 Å². The third-order valence-electron chi connectivity index (χ3n) is 4.59. The van der Waals surface area contributed by atoms with Gasteiger partial charge in [-0.2, -0.15) is 0 Å². The monoisotopic (exact) mass is 350 g/mol. The average Bonchev–Trinajstić information content (AvgIpc) is 2.57. The van der Waals surface area contributed by atoms with Crippen LogP contribution in [-0.2, 0) is 11.3 Å². The quantitative estimate of drug-likeness (QED) is 0.591. The number of hydrogen-bond acceptors (Lipinski definition) is 6. The maximum atomic E-state index is 11.9.